The number of hydrogen-bond acceptors (Lipinski definition) is 8. The van der Waals surface area contributed by atoms with Crippen LogP contribution in [-0.4, -0.2) is 50.8 Å². The number of aryl methyl sites for hydroxylation is 1. The van der Waals surface area contributed by atoms with E-state index in [1.807, 2.05) is 19.1 Å². The molecule has 1 atom stereocenters. The molecule has 3 aromatic rings. The topological polar surface area (TPSA) is 112 Å². The van der Waals surface area contributed by atoms with Crippen molar-refractivity contribution >= 4 is 57.3 Å². The molecule has 0 radical (unpaired) electrons. The van der Waals surface area contributed by atoms with Gasteiger partial charge < -0.3 is 20.9 Å². The van der Waals surface area contributed by atoms with Gasteiger partial charge in [0.15, 0.2) is 5.13 Å². The highest BCUT2D eigenvalue weighted by molar-refractivity contribution is 7.17. The zero-order valence-corrected chi connectivity index (χ0v) is 20.8. The van der Waals surface area contributed by atoms with Gasteiger partial charge in [-0.05, 0) is 50.0 Å². The summed E-state index contributed by atoms with van der Waals surface area (Å²) >= 11 is 7.42. The highest BCUT2D eigenvalue weighted by atomic mass is 35.5. The van der Waals surface area contributed by atoms with Crippen LogP contribution in [0.15, 0.2) is 49.3 Å². The molecule has 4 rings (SSSR count). The van der Waals surface area contributed by atoms with Crippen molar-refractivity contribution < 1.29 is 9.59 Å². The Kier molecular flexibility index (Phi) is 7.94. The maximum atomic E-state index is 12.7. The van der Waals surface area contributed by atoms with Gasteiger partial charge in [0, 0.05) is 25.3 Å². The van der Waals surface area contributed by atoms with Crippen molar-refractivity contribution in [3.8, 4) is 0 Å². The summed E-state index contributed by atoms with van der Waals surface area (Å²) < 4.78 is 0. The molecule has 0 aliphatic carbocycles. The number of thiazole rings is 1. The molecule has 11 heteroatoms. The van der Waals surface area contributed by atoms with Crippen molar-refractivity contribution in [2.24, 2.45) is 0 Å². The summed E-state index contributed by atoms with van der Waals surface area (Å²) in [6.07, 6.45) is 7.37. The summed E-state index contributed by atoms with van der Waals surface area (Å²) in [7, 11) is 0. The van der Waals surface area contributed by atoms with E-state index in [4.69, 9.17) is 11.6 Å². The molecule has 1 fully saturated rings. The number of halogens is 1. The SMILES string of the molecule is C=CC(=O)N1CCCCC(Nc2nccc(Nc3ncc(C(=O)Nc4c(C)cccc4Cl)s3)n2)C1. The molecular formula is C24H26ClN7O2S. The Morgan fingerprint density at radius 3 is 2.91 bits per heavy atom. The van der Waals surface area contributed by atoms with E-state index in [1.165, 1.54) is 23.6 Å². The van der Waals surface area contributed by atoms with Gasteiger partial charge >= 0.3 is 0 Å². The van der Waals surface area contributed by atoms with E-state index >= 15 is 0 Å². The van der Waals surface area contributed by atoms with Crippen molar-refractivity contribution in [1.82, 2.24) is 19.9 Å². The molecule has 182 valence electrons. The lowest BCUT2D eigenvalue weighted by molar-refractivity contribution is -0.126. The Balaban J connectivity index is 1.40. The molecule has 9 nitrogen and oxygen atoms in total. The lowest BCUT2D eigenvalue weighted by atomic mass is 10.1. The summed E-state index contributed by atoms with van der Waals surface area (Å²) in [4.78, 5) is 40.1. The predicted octanol–water partition coefficient (Wildman–Crippen LogP) is 4.87. The Hall–Kier alpha value is -3.50. The van der Waals surface area contributed by atoms with E-state index in [9.17, 15) is 9.59 Å². The van der Waals surface area contributed by atoms with E-state index < -0.39 is 0 Å². The van der Waals surface area contributed by atoms with Crippen molar-refractivity contribution in [1.29, 1.82) is 0 Å². The quantitative estimate of drug-likeness (QED) is 0.388. The summed E-state index contributed by atoms with van der Waals surface area (Å²) in [5.74, 6) is 0.641. The van der Waals surface area contributed by atoms with Crippen molar-refractivity contribution in [3.63, 3.8) is 0 Å². The molecule has 1 aromatic carbocycles. The molecule has 0 spiro atoms. The number of benzene rings is 1. The first kappa shape index (κ1) is 24.6. The lowest BCUT2D eigenvalue weighted by Gasteiger charge is -2.24. The van der Waals surface area contributed by atoms with E-state index in [0.29, 0.717) is 39.0 Å². The average Bonchev–Trinajstić information content (AvgIpc) is 3.19. The van der Waals surface area contributed by atoms with Gasteiger partial charge in [0.1, 0.15) is 10.7 Å². The zero-order valence-electron chi connectivity index (χ0n) is 19.3. The molecule has 0 saturated carbocycles. The van der Waals surface area contributed by atoms with Crippen LogP contribution in [0, 0.1) is 6.92 Å². The van der Waals surface area contributed by atoms with Crippen LogP contribution in [0.2, 0.25) is 5.02 Å². The van der Waals surface area contributed by atoms with Crippen LogP contribution in [0.5, 0.6) is 0 Å². The Morgan fingerprint density at radius 2 is 2.11 bits per heavy atom. The van der Waals surface area contributed by atoms with Crippen LogP contribution in [0.1, 0.15) is 34.5 Å². The Labute approximate surface area is 212 Å². The Bertz CT molecular complexity index is 1210. The number of para-hydroxylation sites is 1. The molecule has 3 N–H and O–H groups in total. The second-order valence-electron chi connectivity index (χ2n) is 8.13. The number of aromatic nitrogens is 3. The van der Waals surface area contributed by atoms with Crippen molar-refractivity contribution in [2.75, 3.05) is 29.0 Å². The van der Waals surface area contributed by atoms with Crippen LogP contribution in [0.3, 0.4) is 0 Å². The fourth-order valence-electron chi connectivity index (χ4n) is 3.78. The standard InChI is InChI=1S/C24H26ClN7O2S/c1-3-20(33)32-12-5-4-8-16(14-32)28-23-26-11-10-19(29-23)30-24-27-13-18(35-24)22(34)31-21-15(2)7-6-9-17(21)25/h3,6-7,9-11,13,16H,1,4-5,8,12,14H2,2H3,(H,31,34)(H2,26,27,28,29,30). The third-order valence-electron chi connectivity index (χ3n) is 5.57. The van der Waals surface area contributed by atoms with Gasteiger partial charge in [-0.15, -0.1) is 0 Å². The largest absolute Gasteiger partial charge is 0.350 e. The molecule has 3 heterocycles. The van der Waals surface area contributed by atoms with Gasteiger partial charge in [0.25, 0.3) is 5.91 Å². The van der Waals surface area contributed by atoms with Gasteiger partial charge in [-0.1, -0.05) is 41.6 Å². The highest BCUT2D eigenvalue weighted by Crippen LogP contribution is 2.28. The first-order chi connectivity index (χ1) is 16.9. The number of carbonyl (C=O) groups is 2. The molecule has 2 amide bonds. The summed E-state index contributed by atoms with van der Waals surface area (Å²) in [5.41, 5.74) is 1.46. The third kappa shape index (κ3) is 6.34. The fraction of sp³-hybridized carbons (Fsp3) is 0.292. The number of nitrogens with one attached hydrogen (secondary N) is 3. The van der Waals surface area contributed by atoms with Gasteiger partial charge in [0.05, 0.1) is 16.9 Å². The number of anilines is 4. The minimum Gasteiger partial charge on any atom is -0.350 e. The van der Waals surface area contributed by atoms with Crippen LogP contribution in [-0.2, 0) is 4.79 Å². The van der Waals surface area contributed by atoms with E-state index in [1.54, 1.807) is 23.2 Å². The maximum Gasteiger partial charge on any atom is 0.267 e. The van der Waals surface area contributed by atoms with Crippen LogP contribution in [0.4, 0.5) is 22.6 Å². The number of likely N-dealkylation sites (tertiary alicyclic amines) is 1. The number of rotatable bonds is 7. The number of hydrogen-bond donors (Lipinski definition) is 3. The second-order valence-corrected chi connectivity index (χ2v) is 9.57. The van der Waals surface area contributed by atoms with E-state index in [2.05, 4.69) is 37.5 Å². The first-order valence-corrected chi connectivity index (χ1v) is 12.4. The third-order valence-corrected chi connectivity index (χ3v) is 6.80. The number of amides is 2. The molecule has 1 saturated heterocycles. The van der Waals surface area contributed by atoms with Crippen molar-refractivity contribution in [3.05, 3.63) is 64.8 Å². The van der Waals surface area contributed by atoms with Gasteiger partial charge in [-0.2, -0.15) is 4.98 Å². The molecule has 0 bridgehead atoms. The zero-order chi connectivity index (χ0) is 24.8. The maximum absolute atomic E-state index is 12.7. The van der Waals surface area contributed by atoms with E-state index in [-0.39, 0.29) is 17.9 Å². The minimum atomic E-state index is -0.288. The first-order valence-electron chi connectivity index (χ1n) is 11.2. The van der Waals surface area contributed by atoms with Crippen molar-refractivity contribution in [2.45, 2.75) is 32.2 Å². The van der Waals surface area contributed by atoms with Gasteiger partial charge in [-0.25, -0.2) is 9.97 Å². The summed E-state index contributed by atoms with van der Waals surface area (Å²) in [6, 6.07) is 7.21. The lowest BCUT2D eigenvalue weighted by Crippen LogP contribution is -2.38. The molecule has 1 unspecified atom stereocenters. The average molecular weight is 512 g/mol. The molecular weight excluding hydrogens is 486 g/mol. The summed E-state index contributed by atoms with van der Waals surface area (Å²) in [5, 5.41) is 10.3. The van der Waals surface area contributed by atoms with Crippen LogP contribution in [0.25, 0.3) is 0 Å². The Morgan fingerprint density at radius 1 is 1.26 bits per heavy atom. The van der Waals surface area contributed by atoms with Gasteiger partial charge in [-0.3, -0.25) is 9.59 Å². The summed E-state index contributed by atoms with van der Waals surface area (Å²) in [6.45, 7) is 6.76. The van der Waals surface area contributed by atoms with Crippen LogP contribution < -0.4 is 16.0 Å². The normalized spacial score (nSPS) is 15.7. The van der Waals surface area contributed by atoms with E-state index in [0.717, 1.165) is 31.4 Å². The number of nitrogens with zero attached hydrogens (tertiary/aromatic N) is 4. The van der Waals surface area contributed by atoms with Gasteiger partial charge in [0.2, 0.25) is 11.9 Å². The monoisotopic (exact) mass is 511 g/mol. The van der Waals surface area contributed by atoms with Crippen LogP contribution >= 0.6 is 22.9 Å². The number of carbonyl (C=O) groups excluding carboxylic acids is 2. The minimum absolute atomic E-state index is 0.0417. The fourth-order valence-corrected chi connectivity index (χ4v) is 4.77. The smallest absolute Gasteiger partial charge is 0.267 e. The molecule has 35 heavy (non-hydrogen) atoms. The highest BCUT2D eigenvalue weighted by Gasteiger charge is 2.21. The second kappa shape index (κ2) is 11.3. The molecule has 2 aromatic heterocycles. The molecule has 1 aliphatic heterocycles. The predicted molar refractivity (Wildman–Crippen MR) is 140 cm³/mol. The molecule has 1 aliphatic rings.